The Hall–Kier alpha value is -2.57. The number of rotatable bonds is 6. The van der Waals surface area contributed by atoms with Crippen molar-refractivity contribution >= 4 is 24.0 Å². The van der Waals surface area contributed by atoms with Crippen molar-refractivity contribution in [2.24, 2.45) is 5.41 Å². The molecule has 1 aromatic rings. The molecule has 0 radical (unpaired) electrons. The molecule has 2 heterocycles. The van der Waals surface area contributed by atoms with Crippen LogP contribution in [0.25, 0.3) is 0 Å². The summed E-state index contributed by atoms with van der Waals surface area (Å²) in [6.45, 7) is 12.8. The Morgan fingerprint density at radius 2 is 1.82 bits per heavy atom. The molecule has 2 saturated heterocycles. The third kappa shape index (κ3) is 5.73. The number of amides is 2. The first kappa shape index (κ1) is 26.0. The minimum atomic E-state index is -0.494. The molecule has 1 spiro atoms. The van der Waals surface area contributed by atoms with Crippen LogP contribution in [0.1, 0.15) is 87.4 Å². The van der Waals surface area contributed by atoms with Gasteiger partial charge in [0.1, 0.15) is 5.60 Å². The second-order valence-corrected chi connectivity index (χ2v) is 11.0. The average molecular weight is 472 g/mol. The molecular formula is C27H41N3O4. The largest absolute Gasteiger partial charge is 0.444 e. The highest BCUT2D eigenvalue weighted by Crippen LogP contribution is 2.42. The SMILES string of the molecule is CCCC(C)N(C)C(=O)c1cccc(N2CCC3(CCN(C(=O)OC(C)(C)C)C3)CC2)c1C=O. The van der Waals surface area contributed by atoms with E-state index in [9.17, 15) is 14.4 Å². The summed E-state index contributed by atoms with van der Waals surface area (Å²) in [4.78, 5) is 43.6. The van der Waals surface area contributed by atoms with Crippen LogP contribution in [0, 0.1) is 5.41 Å². The fraction of sp³-hybridized carbons (Fsp3) is 0.667. The minimum Gasteiger partial charge on any atom is -0.444 e. The number of carbonyl (C=O) groups is 3. The van der Waals surface area contributed by atoms with E-state index in [0.29, 0.717) is 11.1 Å². The highest BCUT2D eigenvalue weighted by Gasteiger charge is 2.43. The number of carbonyl (C=O) groups excluding carboxylic acids is 3. The van der Waals surface area contributed by atoms with Crippen molar-refractivity contribution in [3.63, 3.8) is 0 Å². The number of anilines is 1. The maximum absolute atomic E-state index is 13.2. The lowest BCUT2D eigenvalue weighted by molar-refractivity contribution is 0.0266. The third-order valence-corrected chi connectivity index (χ3v) is 7.37. The number of aldehydes is 1. The summed E-state index contributed by atoms with van der Waals surface area (Å²) in [6, 6.07) is 5.69. The molecule has 0 bridgehead atoms. The zero-order valence-corrected chi connectivity index (χ0v) is 21.7. The van der Waals surface area contributed by atoms with E-state index in [4.69, 9.17) is 4.74 Å². The third-order valence-electron chi connectivity index (χ3n) is 7.37. The van der Waals surface area contributed by atoms with Gasteiger partial charge < -0.3 is 19.4 Å². The van der Waals surface area contributed by atoms with Crippen LogP contribution in [0.3, 0.4) is 0 Å². The van der Waals surface area contributed by atoms with Crippen molar-refractivity contribution < 1.29 is 19.1 Å². The maximum atomic E-state index is 13.2. The summed E-state index contributed by atoms with van der Waals surface area (Å²) in [7, 11) is 1.81. The summed E-state index contributed by atoms with van der Waals surface area (Å²) in [5.41, 5.74) is 1.37. The number of hydrogen-bond acceptors (Lipinski definition) is 5. The standard InChI is InChI=1S/C27H41N3O4/c1-7-9-20(2)28(6)24(32)21-10-8-11-23(22(21)18-31)29-15-12-27(13-16-29)14-17-30(19-27)25(33)34-26(3,4)5/h8,10-11,18,20H,7,9,12-17,19H2,1-6H3. The van der Waals surface area contributed by atoms with Gasteiger partial charge in [-0.2, -0.15) is 0 Å². The van der Waals surface area contributed by atoms with Gasteiger partial charge in [0, 0.05) is 45.0 Å². The van der Waals surface area contributed by atoms with E-state index in [-0.39, 0.29) is 23.5 Å². The Labute approximate surface area is 204 Å². The Kier molecular flexibility index (Phi) is 7.94. The van der Waals surface area contributed by atoms with Gasteiger partial charge in [0.25, 0.3) is 5.91 Å². The number of piperidine rings is 1. The monoisotopic (exact) mass is 471 g/mol. The molecule has 0 aliphatic carbocycles. The van der Waals surface area contributed by atoms with Gasteiger partial charge in [-0.15, -0.1) is 0 Å². The molecule has 2 aliphatic rings. The van der Waals surface area contributed by atoms with Crippen molar-refractivity contribution in [1.82, 2.24) is 9.80 Å². The second-order valence-electron chi connectivity index (χ2n) is 11.0. The van der Waals surface area contributed by atoms with E-state index < -0.39 is 5.60 Å². The Balaban J connectivity index is 1.70. The van der Waals surface area contributed by atoms with Gasteiger partial charge in [-0.05, 0) is 70.9 Å². The van der Waals surface area contributed by atoms with E-state index in [2.05, 4.69) is 11.8 Å². The molecule has 188 valence electrons. The Bertz CT molecular complexity index is 900. The summed E-state index contributed by atoms with van der Waals surface area (Å²) in [6.07, 6.45) is 5.37. The van der Waals surface area contributed by atoms with Crippen LogP contribution >= 0.6 is 0 Å². The van der Waals surface area contributed by atoms with E-state index in [1.807, 2.05) is 51.8 Å². The number of hydrogen-bond donors (Lipinski definition) is 0. The zero-order valence-electron chi connectivity index (χ0n) is 21.7. The first-order valence-electron chi connectivity index (χ1n) is 12.6. The fourth-order valence-corrected chi connectivity index (χ4v) is 5.19. The molecule has 0 aromatic heterocycles. The molecule has 3 rings (SSSR count). The Morgan fingerprint density at radius 1 is 1.18 bits per heavy atom. The average Bonchev–Trinajstić information content (AvgIpc) is 3.21. The highest BCUT2D eigenvalue weighted by atomic mass is 16.6. The van der Waals surface area contributed by atoms with Crippen molar-refractivity contribution in [2.75, 3.05) is 38.1 Å². The molecule has 2 aliphatic heterocycles. The van der Waals surface area contributed by atoms with Crippen LogP contribution in [-0.4, -0.2) is 73.0 Å². The van der Waals surface area contributed by atoms with Crippen molar-refractivity contribution in [2.45, 2.75) is 78.4 Å². The van der Waals surface area contributed by atoms with Crippen LogP contribution in [0.15, 0.2) is 18.2 Å². The predicted molar refractivity (Wildman–Crippen MR) is 135 cm³/mol. The smallest absolute Gasteiger partial charge is 0.410 e. The van der Waals surface area contributed by atoms with Crippen LogP contribution in [0.2, 0.25) is 0 Å². The predicted octanol–water partition coefficient (Wildman–Crippen LogP) is 4.99. The van der Waals surface area contributed by atoms with Crippen molar-refractivity contribution in [3.05, 3.63) is 29.3 Å². The lowest BCUT2D eigenvalue weighted by Gasteiger charge is -2.41. The summed E-state index contributed by atoms with van der Waals surface area (Å²) in [5, 5.41) is 0. The molecule has 34 heavy (non-hydrogen) atoms. The number of likely N-dealkylation sites (tertiary alicyclic amines) is 1. The van der Waals surface area contributed by atoms with Crippen molar-refractivity contribution in [1.29, 1.82) is 0 Å². The lowest BCUT2D eigenvalue weighted by atomic mass is 9.77. The summed E-state index contributed by atoms with van der Waals surface area (Å²) < 4.78 is 5.56. The Morgan fingerprint density at radius 3 is 2.41 bits per heavy atom. The van der Waals surface area contributed by atoms with Crippen LogP contribution in [0.5, 0.6) is 0 Å². The summed E-state index contributed by atoms with van der Waals surface area (Å²) >= 11 is 0. The van der Waals surface area contributed by atoms with Gasteiger partial charge >= 0.3 is 6.09 Å². The first-order chi connectivity index (χ1) is 16.0. The van der Waals surface area contributed by atoms with Crippen LogP contribution < -0.4 is 4.90 Å². The topological polar surface area (TPSA) is 70.2 Å². The summed E-state index contributed by atoms with van der Waals surface area (Å²) in [5.74, 6) is -0.109. The van der Waals surface area contributed by atoms with E-state index in [0.717, 1.165) is 70.3 Å². The molecule has 7 heteroatoms. The molecule has 0 saturated carbocycles. The number of nitrogens with zero attached hydrogens (tertiary/aromatic N) is 3. The molecule has 1 atom stereocenters. The van der Waals surface area contributed by atoms with Crippen LogP contribution in [0.4, 0.5) is 10.5 Å². The van der Waals surface area contributed by atoms with Gasteiger partial charge in [-0.25, -0.2) is 4.79 Å². The minimum absolute atomic E-state index is 0.0952. The van der Waals surface area contributed by atoms with Gasteiger partial charge in [0.15, 0.2) is 6.29 Å². The molecule has 7 nitrogen and oxygen atoms in total. The second kappa shape index (κ2) is 10.4. The maximum Gasteiger partial charge on any atom is 0.410 e. The molecule has 2 amide bonds. The first-order valence-corrected chi connectivity index (χ1v) is 12.6. The zero-order chi connectivity index (χ0) is 25.1. The molecular weight excluding hydrogens is 430 g/mol. The van der Waals surface area contributed by atoms with Crippen LogP contribution in [-0.2, 0) is 4.74 Å². The fourth-order valence-electron chi connectivity index (χ4n) is 5.19. The normalized spacial score (nSPS) is 18.6. The quantitative estimate of drug-likeness (QED) is 0.547. The van der Waals surface area contributed by atoms with Crippen molar-refractivity contribution in [3.8, 4) is 0 Å². The molecule has 1 aromatic carbocycles. The van der Waals surface area contributed by atoms with Gasteiger partial charge in [-0.1, -0.05) is 19.4 Å². The molecule has 2 fully saturated rings. The molecule has 1 unspecified atom stereocenters. The van der Waals surface area contributed by atoms with Gasteiger partial charge in [-0.3, -0.25) is 9.59 Å². The van der Waals surface area contributed by atoms with E-state index in [1.165, 1.54) is 0 Å². The van der Waals surface area contributed by atoms with Gasteiger partial charge in [0.05, 0.1) is 11.1 Å². The number of benzene rings is 1. The van der Waals surface area contributed by atoms with E-state index >= 15 is 0 Å². The highest BCUT2D eigenvalue weighted by molar-refractivity contribution is 6.04. The molecule has 0 N–H and O–H groups in total. The number of ether oxygens (including phenoxy) is 1. The van der Waals surface area contributed by atoms with Gasteiger partial charge in [0.2, 0.25) is 0 Å². The lowest BCUT2D eigenvalue weighted by Crippen LogP contribution is -2.43. The van der Waals surface area contributed by atoms with E-state index in [1.54, 1.807) is 11.0 Å².